The molecule has 132 valence electrons. The van der Waals surface area contributed by atoms with Gasteiger partial charge < -0.3 is 10.1 Å². The molecule has 1 aromatic carbocycles. The van der Waals surface area contributed by atoms with Crippen LogP contribution < -0.4 is 5.32 Å². The zero-order chi connectivity index (χ0) is 17.1. The summed E-state index contributed by atoms with van der Waals surface area (Å²) < 4.78 is 5.93. The van der Waals surface area contributed by atoms with E-state index in [2.05, 4.69) is 20.4 Å². The normalized spacial score (nSPS) is 23.8. The van der Waals surface area contributed by atoms with Gasteiger partial charge in [0.2, 0.25) is 0 Å². The van der Waals surface area contributed by atoms with Crippen molar-refractivity contribution in [2.75, 3.05) is 26.2 Å². The van der Waals surface area contributed by atoms with Crippen molar-refractivity contribution >= 4 is 5.91 Å². The lowest BCUT2D eigenvalue weighted by Gasteiger charge is -2.42. The number of nitrogens with zero attached hydrogens (tertiary/aromatic N) is 2. The summed E-state index contributed by atoms with van der Waals surface area (Å²) in [7, 11) is 0. The van der Waals surface area contributed by atoms with Gasteiger partial charge in [-0.1, -0.05) is 36.8 Å². The Balaban J connectivity index is 1.31. The number of hydrogen-bond donors (Lipinski definition) is 2. The Hall–Kier alpha value is -2.18. The molecule has 1 aromatic heterocycles. The van der Waals surface area contributed by atoms with Gasteiger partial charge in [0, 0.05) is 24.7 Å². The van der Waals surface area contributed by atoms with Crippen LogP contribution in [0.1, 0.15) is 29.8 Å². The van der Waals surface area contributed by atoms with Gasteiger partial charge in [-0.05, 0) is 25.5 Å². The second kappa shape index (κ2) is 7.37. The van der Waals surface area contributed by atoms with E-state index in [9.17, 15) is 4.79 Å². The molecule has 2 aliphatic rings. The third kappa shape index (κ3) is 3.75. The minimum atomic E-state index is -0.140. The predicted octanol–water partition coefficient (Wildman–Crippen LogP) is 2.06. The zero-order valence-corrected chi connectivity index (χ0v) is 14.3. The highest BCUT2D eigenvalue weighted by Gasteiger charge is 2.30. The molecule has 3 heterocycles. The summed E-state index contributed by atoms with van der Waals surface area (Å²) in [5.41, 5.74) is 2.24. The molecule has 1 amide bonds. The fourth-order valence-corrected chi connectivity index (χ4v) is 3.67. The second-order valence-electron chi connectivity index (χ2n) is 6.84. The van der Waals surface area contributed by atoms with Crippen LogP contribution in [-0.2, 0) is 4.74 Å². The van der Waals surface area contributed by atoms with Crippen LogP contribution in [0.3, 0.4) is 0 Å². The van der Waals surface area contributed by atoms with Gasteiger partial charge in [0.1, 0.15) is 5.69 Å². The van der Waals surface area contributed by atoms with Crippen LogP contribution in [0.5, 0.6) is 0 Å². The average Bonchev–Trinajstić information content (AvgIpc) is 3.17. The molecule has 2 fully saturated rings. The van der Waals surface area contributed by atoms with E-state index in [-0.39, 0.29) is 12.0 Å². The van der Waals surface area contributed by atoms with Gasteiger partial charge in [0.25, 0.3) is 5.91 Å². The highest BCUT2D eigenvalue weighted by Crippen LogP contribution is 2.22. The average molecular weight is 340 g/mol. The molecule has 0 saturated carbocycles. The number of carbonyl (C=O) groups excluding carboxylic acids is 1. The van der Waals surface area contributed by atoms with E-state index >= 15 is 0 Å². The quantitative estimate of drug-likeness (QED) is 0.894. The van der Waals surface area contributed by atoms with Crippen molar-refractivity contribution in [2.45, 2.75) is 31.4 Å². The number of carbonyl (C=O) groups is 1. The molecule has 6 heteroatoms. The standard InChI is InChI=1S/C19H24N4O2/c24-19(18-10-17(21-22-18)14-6-2-1-3-7-14)20-11-16-12-23-9-5-4-8-15(23)13-25-16/h1-3,6-7,10,15-16H,4-5,8-9,11-13H2,(H,20,24)(H,21,22). The number of amides is 1. The molecule has 0 aliphatic carbocycles. The first-order chi connectivity index (χ1) is 12.3. The Kier molecular flexibility index (Phi) is 4.81. The van der Waals surface area contributed by atoms with E-state index in [0.29, 0.717) is 18.3 Å². The Morgan fingerprint density at radius 1 is 1.32 bits per heavy atom. The fourth-order valence-electron chi connectivity index (χ4n) is 3.67. The molecule has 0 bridgehead atoms. The number of rotatable bonds is 4. The van der Waals surface area contributed by atoms with Crippen molar-refractivity contribution < 1.29 is 9.53 Å². The summed E-state index contributed by atoms with van der Waals surface area (Å²) in [5.74, 6) is -0.140. The first-order valence-electron chi connectivity index (χ1n) is 9.04. The summed E-state index contributed by atoms with van der Waals surface area (Å²) >= 11 is 0. The third-order valence-corrected chi connectivity index (χ3v) is 5.09. The SMILES string of the molecule is O=C(NCC1CN2CCCCC2CO1)c1cc(-c2ccccc2)n[nH]1. The van der Waals surface area contributed by atoms with E-state index in [1.165, 1.54) is 19.3 Å². The summed E-state index contributed by atoms with van der Waals surface area (Å²) in [6, 6.07) is 12.2. The maximum Gasteiger partial charge on any atom is 0.269 e. The van der Waals surface area contributed by atoms with Crippen LogP contribution >= 0.6 is 0 Å². The lowest BCUT2D eigenvalue weighted by Crippen LogP contribution is -2.54. The van der Waals surface area contributed by atoms with Crippen molar-refractivity contribution in [3.8, 4) is 11.3 Å². The number of benzene rings is 1. The van der Waals surface area contributed by atoms with Gasteiger partial charge in [-0.15, -0.1) is 0 Å². The van der Waals surface area contributed by atoms with Gasteiger partial charge in [-0.3, -0.25) is 14.8 Å². The first kappa shape index (κ1) is 16.3. The topological polar surface area (TPSA) is 70.2 Å². The molecule has 0 radical (unpaired) electrons. The Morgan fingerprint density at radius 2 is 2.20 bits per heavy atom. The predicted molar refractivity (Wildman–Crippen MR) is 95.3 cm³/mol. The van der Waals surface area contributed by atoms with Crippen molar-refractivity contribution in [1.82, 2.24) is 20.4 Å². The number of fused-ring (bicyclic) bond motifs is 1. The molecule has 25 heavy (non-hydrogen) atoms. The largest absolute Gasteiger partial charge is 0.373 e. The summed E-state index contributed by atoms with van der Waals surface area (Å²) in [4.78, 5) is 14.9. The van der Waals surface area contributed by atoms with Crippen LogP contribution in [0, 0.1) is 0 Å². The third-order valence-electron chi connectivity index (χ3n) is 5.09. The number of piperidine rings is 1. The number of hydrogen-bond acceptors (Lipinski definition) is 4. The van der Waals surface area contributed by atoms with Crippen molar-refractivity contribution in [3.63, 3.8) is 0 Å². The minimum absolute atomic E-state index is 0.0646. The molecule has 2 N–H and O–H groups in total. The number of H-pyrrole nitrogens is 1. The second-order valence-corrected chi connectivity index (χ2v) is 6.84. The van der Waals surface area contributed by atoms with Crippen molar-refractivity contribution in [1.29, 1.82) is 0 Å². The van der Waals surface area contributed by atoms with Crippen LogP contribution in [0.25, 0.3) is 11.3 Å². The molecule has 2 aliphatic heterocycles. The van der Waals surface area contributed by atoms with Gasteiger partial charge in [-0.25, -0.2) is 0 Å². The number of ether oxygens (including phenoxy) is 1. The Bertz CT molecular complexity index is 715. The minimum Gasteiger partial charge on any atom is -0.373 e. The van der Waals surface area contributed by atoms with Gasteiger partial charge in [-0.2, -0.15) is 5.10 Å². The Morgan fingerprint density at radius 3 is 3.08 bits per heavy atom. The lowest BCUT2D eigenvalue weighted by atomic mass is 10.0. The number of morpholine rings is 1. The van der Waals surface area contributed by atoms with E-state index in [0.717, 1.165) is 31.0 Å². The van der Waals surface area contributed by atoms with Gasteiger partial charge in [0.05, 0.1) is 18.4 Å². The lowest BCUT2D eigenvalue weighted by molar-refractivity contribution is -0.0725. The molecule has 2 saturated heterocycles. The van der Waals surface area contributed by atoms with E-state index < -0.39 is 0 Å². The summed E-state index contributed by atoms with van der Waals surface area (Å²) in [6.07, 6.45) is 3.87. The highest BCUT2D eigenvalue weighted by atomic mass is 16.5. The summed E-state index contributed by atoms with van der Waals surface area (Å²) in [6.45, 7) is 3.37. The Labute approximate surface area is 147 Å². The highest BCUT2D eigenvalue weighted by molar-refractivity contribution is 5.93. The van der Waals surface area contributed by atoms with Crippen LogP contribution in [0.2, 0.25) is 0 Å². The van der Waals surface area contributed by atoms with Gasteiger partial charge in [0.15, 0.2) is 0 Å². The smallest absolute Gasteiger partial charge is 0.269 e. The number of aromatic nitrogens is 2. The number of aromatic amines is 1. The molecular formula is C19H24N4O2. The van der Waals surface area contributed by atoms with Crippen LogP contribution in [-0.4, -0.2) is 59.4 Å². The van der Waals surface area contributed by atoms with E-state index in [1.54, 1.807) is 6.07 Å². The summed E-state index contributed by atoms with van der Waals surface area (Å²) in [5, 5.41) is 10.0. The monoisotopic (exact) mass is 340 g/mol. The van der Waals surface area contributed by atoms with Crippen LogP contribution in [0.4, 0.5) is 0 Å². The van der Waals surface area contributed by atoms with Crippen molar-refractivity contribution in [3.05, 3.63) is 42.1 Å². The molecular weight excluding hydrogens is 316 g/mol. The van der Waals surface area contributed by atoms with E-state index in [4.69, 9.17) is 4.74 Å². The molecule has 2 atom stereocenters. The molecule has 2 aromatic rings. The number of nitrogens with one attached hydrogen (secondary N) is 2. The molecule has 6 nitrogen and oxygen atoms in total. The van der Waals surface area contributed by atoms with Gasteiger partial charge >= 0.3 is 0 Å². The fraction of sp³-hybridized carbons (Fsp3) is 0.474. The molecule has 0 spiro atoms. The molecule has 2 unspecified atom stereocenters. The van der Waals surface area contributed by atoms with Crippen molar-refractivity contribution in [2.24, 2.45) is 0 Å². The maximum absolute atomic E-state index is 12.4. The maximum atomic E-state index is 12.4. The van der Waals surface area contributed by atoms with E-state index in [1.807, 2.05) is 30.3 Å². The first-order valence-corrected chi connectivity index (χ1v) is 9.04. The van der Waals surface area contributed by atoms with Crippen LogP contribution in [0.15, 0.2) is 36.4 Å². The molecule has 4 rings (SSSR count). The zero-order valence-electron chi connectivity index (χ0n) is 14.3.